The standard InChI is InChI=1S/C22H24N2O2S/c1-3-4-11-16-27-22-23(18-12-7-5-8-13-18)20(25)17(2)21(26)24(22)19-14-9-6-10-15-19/h5-10,12-15H,3-4,11,16H2,1-2H3. The summed E-state index contributed by atoms with van der Waals surface area (Å²) in [6.07, 6.45) is 3.30. The zero-order chi connectivity index (χ0) is 19.2. The average molecular weight is 381 g/mol. The van der Waals surface area contributed by atoms with Crippen LogP contribution in [0.4, 0.5) is 0 Å². The molecule has 0 atom stereocenters. The monoisotopic (exact) mass is 380 g/mol. The van der Waals surface area contributed by atoms with E-state index < -0.39 is 0 Å². The molecule has 0 amide bonds. The second-order valence-corrected chi connectivity index (χ2v) is 7.48. The molecule has 0 radical (unpaired) electrons. The minimum Gasteiger partial charge on any atom is -0.842 e. The number of aromatic nitrogens is 2. The molecular weight excluding hydrogens is 356 g/mol. The topological polar surface area (TPSA) is 48.9 Å². The zero-order valence-electron chi connectivity index (χ0n) is 15.7. The van der Waals surface area contributed by atoms with Crippen LogP contribution >= 0.6 is 11.8 Å². The van der Waals surface area contributed by atoms with Crippen LogP contribution < -0.4 is 15.2 Å². The predicted molar refractivity (Wildman–Crippen MR) is 108 cm³/mol. The molecule has 0 unspecified atom stereocenters. The van der Waals surface area contributed by atoms with Crippen molar-refractivity contribution in [2.75, 3.05) is 5.75 Å². The number of benzene rings is 2. The second-order valence-electron chi connectivity index (χ2n) is 6.42. The maximum Gasteiger partial charge on any atom is 0.345 e. The molecule has 0 saturated heterocycles. The first kappa shape index (κ1) is 19.2. The first-order chi connectivity index (χ1) is 13.1. The van der Waals surface area contributed by atoms with Crippen molar-refractivity contribution in [3.05, 3.63) is 76.6 Å². The summed E-state index contributed by atoms with van der Waals surface area (Å²) in [6.45, 7) is 3.77. The van der Waals surface area contributed by atoms with Crippen LogP contribution in [0.5, 0.6) is 5.88 Å². The number of hydrogen-bond donors (Lipinski definition) is 0. The summed E-state index contributed by atoms with van der Waals surface area (Å²) in [5, 5.41) is 13.7. The van der Waals surface area contributed by atoms with E-state index in [1.807, 2.05) is 60.7 Å². The van der Waals surface area contributed by atoms with Crippen LogP contribution in [0.2, 0.25) is 0 Å². The third kappa shape index (κ3) is 4.08. The van der Waals surface area contributed by atoms with Gasteiger partial charge in [0.25, 0.3) is 0 Å². The summed E-state index contributed by atoms with van der Waals surface area (Å²) in [4.78, 5) is 13.0. The highest BCUT2D eigenvalue weighted by atomic mass is 32.2. The lowest BCUT2D eigenvalue weighted by molar-refractivity contribution is -0.690. The first-order valence-electron chi connectivity index (χ1n) is 9.27. The molecule has 140 valence electrons. The Balaban J connectivity index is 2.25. The molecule has 0 spiro atoms. The number of nitrogens with zero attached hydrogens (tertiary/aromatic N) is 2. The Hall–Kier alpha value is -2.53. The highest BCUT2D eigenvalue weighted by molar-refractivity contribution is 7.99. The molecular formula is C22H24N2O2S. The number of para-hydroxylation sites is 2. The van der Waals surface area contributed by atoms with Crippen molar-refractivity contribution in [2.24, 2.45) is 0 Å². The maximum absolute atomic E-state index is 13.0. The minimum absolute atomic E-state index is 0.223. The third-order valence-corrected chi connectivity index (χ3v) is 5.55. The Morgan fingerprint density at radius 1 is 1.00 bits per heavy atom. The van der Waals surface area contributed by atoms with Crippen molar-refractivity contribution in [3.8, 4) is 17.3 Å². The fraction of sp³-hybridized carbons (Fsp3) is 0.273. The second kappa shape index (κ2) is 8.91. The molecule has 5 heteroatoms. The number of hydrogen-bond acceptors (Lipinski definition) is 3. The Morgan fingerprint density at radius 2 is 1.63 bits per heavy atom. The molecule has 1 heterocycles. The van der Waals surface area contributed by atoms with Gasteiger partial charge in [-0.25, -0.2) is 4.79 Å². The Morgan fingerprint density at radius 3 is 2.26 bits per heavy atom. The highest BCUT2D eigenvalue weighted by Gasteiger charge is 2.25. The molecule has 1 aromatic heterocycles. The van der Waals surface area contributed by atoms with Crippen LogP contribution in [0.15, 0.2) is 70.6 Å². The van der Waals surface area contributed by atoms with Gasteiger partial charge in [0.05, 0.1) is 11.4 Å². The van der Waals surface area contributed by atoms with E-state index in [0.717, 1.165) is 36.4 Å². The Bertz CT molecular complexity index is 954. The molecule has 0 aliphatic carbocycles. The van der Waals surface area contributed by atoms with E-state index in [9.17, 15) is 9.90 Å². The van der Waals surface area contributed by atoms with Crippen molar-refractivity contribution >= 4 is 11.8 Å². The van der Waals surface area contributed by atoms with E-state index in [-0.39, 0.29) is 17.0 Å². The van der Waals surface area contributed by atoms with Gasteiger partial charge in [-0.3, -0.25) is 0 Å². The van der Waals surface area contributed by atoms with Gasteiger partial charge in [-0.05, 0) is 49.4 Å². The summed E-state index contributed by atoms with van der Waals surface area (Å²) >= 11 is 1.57. The van der Waals surface area contributed by atoms with Crippen LogP contribution in [-0.4, -0.2) is 10.3 Å². The number of unbranched alkanes of at least 4 members (excludes halogenated alkanes) is 2. The average Bonchev–Trinajstić information content (AvgIpc) is 2.71. The van der Waals surface area contributed by atoms with Crippen LogP contribution in [0, 0.1) is 6.92 Å². The van der Waals surface area contributed by atoms with Crippen molar-refractivity contribution < 1.29 is 9.67 Å². The predicted octanol–water partition coefficient (Wildman–Crippen LogP) is 3.78. The van der Waals surface area contributed by atoms with Crippen molar-refractivity contribution in [3.63, 3.8) is 0 Å². The van der Waals surface area contributed by atoms with Gasteiger partial charge in [-0.2, -0.15) is 9.13 Å². The van der Waals surface area contributed by atoms with Gasteiger partial charge in [0.1, 0.15) is 11.4 Å². The molecule has 3 aromatic rings. The molecule has 0 fully saturated rings. The van der Waals surface area contributed by atoms with Crippen LogP contribution in [-0.2, 0) is 0 Å². The van der Waals surface area contributed by atoms with Gasteiger partial charge < -0.3 is 5.11 Å². The molecule has 3 rings (SSSR count). The largest absolute Gasteiger partial charge is 0.842 e. The van der Waals surface area contributed by atoms with Crippen molar-refractivity contribution in [2.45, 2.75) is 38.3 Å². The van der Waals surface area contributed by atoms with Crippen molar-refractivity contribution in [1.29, 1.82) is 0 Å². The SMILES string of the molecule is CCCCCSc1n(-c2ccccc2)c(=O)c(C)c([O-])[n+]1-c1ccccc1. The summed E-state index contributed by atoms with van der Waals surface area (Å²) in [5.41, 5.74) is 1.51. The molecule has 4 nitrogen and oxygen atoms in total. The van der Waals surface area contributed by atoms with Gasteiger partial charge in [0, 0.05) is 5.75 Å². The Kier molecular flexibility index (Phi) is 6.35. The number of thioether (sulfide) groups is 1. The van der Waals surface area contributed by atoms with E-state index in [1.54, 1.807) is 27.8 Å². The lowest BCUT2D eigenvalue weighted by Crippen LogP contribution is -2.45. The van der Waals surface area contributed by atoms with Gasteiger partial charge in [0.2, 0.25) is 0 Å². The van der Waals surface area contributed by atoms with Crippen LogP contribution in [0.1, 0.15) is 31.7 Å². The summed E-state index contributed by atoms with van der Waals surface area (Å²) in [5.74, 6) is 0.603. The Labute approximate surface area is 164 Å². The summed E-state index contributed by atoms with van der Waals surface area (Å²) in [7, 11) is 0. The first-order valence-corrected chi connectivity index (χ1v) is 10.3. The smallest absolute Gasteiger partial charge is 0.345 e. The molecule has 0 saturated carbocycles. The summed E-state index contributed by atoms with van der Waals surface area (Å²) in [6, 6.07) is 19.1. The van der Waals surface area contributed by atoms with Crippen LogP contribution in [0.25, 0.3) is 11.4 Å². The molecule has 2 aromatic carbocycles. The van der Waals surface area contributed by atoms with E-state index in [4.69, 9.17) is 0 Å². The van der Waals surface area contributed by atoms with Gasteiger partial charge in [-0.1, -0.05) is 56.2 Å². The van der Waals surface area contributed by atoms with E-state index in [1.165, 1.54) is 0 Å². The lowest BCUT2D eigenvalue weighted by atomic mass is 10.2. The minimum atomic E-state index is -0.253. The molecule has 0 aliphatic rings. The maximum atomic E-state index is 13.0. The number of rotatable bonds is 7. The lowest BCUT2D eigenvalue weighted by Gasteiger charge is -2.18. The molecule has 27 heavy (non-hydrogen) atoms. The summed E-state index contributed by atoms with van der Waals surface area (Å²) < 4.78 is 3.33. The van der Waals surface area contributed by atoms with Crippen LogP contribution in [0.3, 0.4) is 0 Å². The molecule has 0 bridgehead atoms. The quantitative estimate of drug-likeness (QED) is 0.271. The molecule has 0 aliphatic heterocycles. The van der Waals surface area contributed by atoms with E-state index in [2.05, 4.69) is 6.92 Å². The van der Waals surface area contributed by atoms with Gasteiger partial charge in [-0.15, -0.1) is 0 Å². The van der Waals surface area contributed by atoms with Gasteiger partial charge >= 0.3 is 10.7 Å². The van der Waals surface area contributed by atoms with Crippen molar-refractivity contribution in [1.82, 2.24) is 4.57 Å². The highest BCUT2D eigenvalue weighted by Crippen LogP contribution is 2.23. The third-order valence-electron chi connectivity index (χ3n) is 4.44. The fourth-order valence-electron chi connectivity index (χ4n) is 2.95. The van der Waals surface area contributed by atoms with E-state index in [0.29, 0.717) is 5.16 Å². The zero-order valence-corrected chi connectivity index (χ0v) is 16.5. The molecule has 0 N–H and O–H groups in total. The normalized spacial score (nSPS) is 10.9. The van der Waals surface area contributed by atoms with Gasteiger partial charge in [0.15, 0.2) is 0 Å². The van der Waals surface area contributed by atoms with E-state index >= 15 is 0 Å². The fourth-order valence-corrected chi connectivity index (χ4v) is 4.12.